The molecule has 3 rings (SSSR count). The molecule has 3 aromatic heterocycles. The van der Waals surface area contributed by atoms with E-state index in [4.69, 9.17) is 19.0 Å². The van der Waals surface area contributed by atoms with Crippen molar-refractivity contribution in [2.24, 2.45) is 0 Å². The summed E-state index contributed by atoms with van der Waals surface area (Å²) in [5.41, 5.74) is 0.695. The van der Waals surface area contributed by atoms with Crippen LogP contribution in [0.4, 0.5) is 0 Å². The first-order chi connectivity index (χ1) is 11.6. The van der Waals surface area contributed by atoms with E-state index in [0.717, 1.165) is 9.88 Å². The number of hydrogen-bond acceptors (Lipinski definition) is 7. The van der Waals surface area contributed by atoms with Crippen molar-refractivity contribution in [3.05, 3.63) is 28.7 Å². The lowest BCUT2D eigenvalue weighted by Gasteiger charge is -2.07. The lowest BCUT2D eigenvalue weighted by Crippen LogP contribution is -1.96. The second-order valence-corrected chi connectivity index (χ2v) is 6.40. The van der Waals surface area contributed by atoms with Crippen molar-refractivity contribution in [2.45, 2.75) is 13.8 Å². The first kappa shape index (κ1) is 16.5. The molecule has 0 unspecified atom stereocenters. The summed E-state index contributed by atoms with van der Waals surface area (Å²) in [6.45, 7) is 4.93. The molecule has 0 saturated heterocycles. The molecule has 0 spiro atoms. The summed E-state index contributed by atoms with van der Waals surface area (Å²) in [7, 11) is 0. The third-order valence-corrected chi connectivity index (χ3v) is 5.04. The van der Waals surface area contributed by atoms with Crippen molar-refractivity contribution in [3.8, 4) is 32.8 Å². The van der Waals surface area contributed by atoms with Crippen LogP contribution in [0, 0.1) is 0 Å². The van der Waals surface area contributed by atoms with E-state index in [9.17, 15) is 4.79 Å². The Kier molecular flexibility index (Phi) is 4.86. The molecule has 0 fully saturated rings. The van der Waals surface area contributed by atoms with Crippen molar-refractivity contribution in [1.82, 2.24) is 4.98 Å². The zero-order valence-corrected chi connectivity index (χ0v) is 14.7. The number of furan rings is 1. The number of hydrogen-bond donors (Lipinski definition) is 1. The zero-order valence-electron chi connectivity index (χ0n) is 13.1. The van der Waals surface area contributed by atoms with Crippen LogP contribution >= 0.6 is 22.7 Å². The molecule has 3 heterocycles. The Balaban J connectivity index is 1.94. The summed E-state index contributed by atoms with van der Waals surface area (Å²) in [4.78, 5) is 16.4. The second kappa shape index (κ2) is 7.06. The Morgan fingerprint density at radius 2 is 2.04 bits per heavy atom. The van der Waals surface area contributed by atoms with Crippen molar-refractivity contribution < 1.29 is 23.8 Å². The lowest BCUT2D eigenvalue weighted by atomic mass is 10.3. The third-order valence-electron chi connectivity index (χ3n) is 3.10. The van der Waals surface area contributed by atoms with Gasteiger partial charge in [-0.2, -0.15) is 0 Å². The first-order valence-electron chi connectivity index (χ1n) is 7.29. The Hall–Kier alpha value is -2.32. The number of nitrogens with zero attached hydrogens (tertiary/aromatic N) is 1. The molecule has 6 nitrogen and oxygen atoms in total. The van der Waals surface area contributed by atoms with Crippen LogP contribution in [-0.4, -0.2) is 29.3 Å². The Morgan fingerprint density at radius 1 is 1.25 bits per heavy atom. The van der Waals surface area contributed by atoms with Crippen LogP contribution in [0.2, 0.25) is 0 Å². The summed E-state index contributed by atoms with van der Waals surface area (Å²) in [6, 6.07) is 1.46. The second-order valence-electron chi connectivity index (χ2n) is 4.67. The molecular formula is C16H15NO5S2. The van der Waals surface area contributed by atoms with E-state index in [-0.39, 0.29) is 5.56 Å². The van der Waals surface area contributed by atoms with Crippen LogP contribution in [0.3, 0.4) is 0 Å². The quantitative estimate of drug-likeness (QED) is 0.657. The van der Waals surface area contributed by atoms with Gasteiger partial charge in [0, 0.05) is 16.8 Å². The van der Waals surface area contributed by atoms with Crippen LogP contribution in [0.1, 0.15) is 24.2 Å². The minimum Gasteiger partial charge on any atom is -0.489 e. The SMILES string of the molecule is CCOc1csc(-c2nc(-c3cc(C(=O)O)co3)cs2)c1OCC. The van der Waals surface area contributed by atoms with Gasteiger partial charge in [-0.15, -0.1) is 22.7 Å². The number of thiazole rings is 1. The number of carboxylic acid groups (broad SMARTS) is 1. The fourth-order valence-electron chi connectivity index (χ4n) is 2.09. The Labute approximate surface area is 146 Å². The highest BCUT2D eigenvalue weighted by Crippen LogP contribution is 2.45. The molecule has 0 atom stereocenters. The van der Waals surface area contributed by atoms with Crippen molar-refractivity contribution in [1.29, 1.82) is 0 Å². The summed E-state index contributed by atoms with van der Waals surface area (Å²) >= 11 is 2.94. The maximum Gasteiger partial charge on any atom is 0.338 e. The van der Waals surface area contributed by atoms with Gasteiger partial charge in [-0.25, -0.2) is 9.78 Å². The van der Waals surface area contributed by atoms with Crippen LogP contribution < -0.4 is 9.47 Å². The predicted molar refractivity (Wildman–Crippen MR) is 92.4 cm³/mol. The predicted octanol–water partition coefficient (Wildman–Crippen LogP) is 4.63. The van der Waals surface area contributed by atoms with Crippen LogP contribution in [0.5, 0.6) is 11.5 Å². The van der Waals surface area contributed by atoms with Crippen molar-refractivity contribution >= 4 is 28.6 Å². The lowest BCUT2D eigenvalue weighted by molar-refractivity contribution is 0.0696. The van der Waals surface area contributed by atoms with E-state index >= 15 is 0 Å². The molecule has 24 heavy (non-hydrogen) atoms. The molecule has 3 aromatic rings. The highest BCUT2D eigenvalue weighted by molar-refractivity contribution is 7.20. The molecule has 0 amide bonds. The van der Waals surface area contributed by atoms with Gasteiger partial charge in [-0.3, -0.25) is 0 Å². The minimum absolute atomic E-state index is 0.101. The topological polar surface area (TPSA) is 81.8 Å². The fraction of sp³-hybridized carbons (Fsp3) is 0.250. The van der Waals surface area contributed by atoms with Crippen LogP contribution in [0.25, 0.3) is 21.3 Å². The number of ether oxygens (including phenoxy) is 2. The number of carboxylic acids is 1. The Bertz CT molecular complexity index is 848. The summed E-state index contributed by atoms with van der Waals surface area (Å²) in [5.74, 6) is 0.798. The van der Waals surface area contributed by atoms with Gasteiger partial charge in [-0.1, -0.05) is 0 Å². The van der Waals surface area contributed by atoms with E-state index in [1.165, 1.54) is 35.0 Å². The molecule has 0 aromatic carbocycles. The normalized spacial score (nSPS) is 10.8. The fourth-order valence-corrected chi connectivity index (χ4v) is 3.93. The van der Waals surface area contributed by atoms with Gasteiger partial charge in [0.1, 0.15) is 21.8 Å². The maximum atomic E-state index is 10.9. The van der Waals surface area contributed by atoms with Gasteiger partial charge in [-0.05, 0) is 13.8 Å². The zero-order chi connectivity index (χ0) is 17.1. The average molecular weight is 365 g/mol. The largest absolute Gasteiger partial charge is 0.489 e. The highest BCUT2D eigenvalue weighted by atomic mass is 32.1. The van der Waals surface area contributed by atoms with Gasteiger partial charge in [0.25, 0.3) is 0 Å². The molecule has 8 heteroatoms. The summed E-state index contributed by atoms with van der Waals surface area (Å²) in [5, 5.41) is 13.5. The monoisotopic (exact) mass is 365 g/mol. The van der Waals surface area contributed by atoms with E-state index in [2.05, 4.69) is 4.98 Å². The van der Waals surface area contributed by atoms with E-state index < -0.39 is 5.97 Å². The van der Waals surface area contributed by atoms with Gasteiger partial charge in [0.15, 0.2) is 17.3 Å². The van der Waals surface area contributed by atoms with Gasteiger partial charge >= 0.3 is 5.97 Å². The van der Waals surface area contributed by atoms with Gasteiger partial charge < -0.3 is 19.0 Å². The van der Waals surface area contributed by atoms with Crippen molar-refractivity contribution in [3.63, 3.8) is 0 Å². The number of thiophene rings is 1. The van der Waals surface area contributed by atoms with Crippen molar-refractivity contribution in [2.75, 3.05) is 13.2 Å². The van der Waals surface area contributed by atoms with Crippen LogP contribution in [-0.2, 0) is 0 Å². The number of carbonyl (C=O) groups is 1. The maximum absolute atomic E-state index is 10.9. The van der Waals surface area contributed by atoms with E-state index in [1.807, 2.05) is 24.6 Å². The molecule has 0 aliphatic carbocycles. The summed E-state index contributed by atoms with van der Waals surface area (Å²) < 4.78 is 16.6. The third kappa shape index (κ3) is 3.15. The molecule has 1 N–H and O–H groups in total. The molecule has 0 aliphatic rings. The van der Waals surface area contributed by atoms with Gasteiger partial charge in [0.05, 0.1) is 18.8 Å². The average Bonchev–Trinajstić information content (AvgIpc) is 3.26. The minimum atomic E-state index is -1.03. The smallest absolute Gasteiger partial charge is 0.338 e. The number of rotatable bonds is 7. The van der Waals surface area contributed by atoms with E-state index in [0.29, 0.717) is 36.2 Å². The molecule has 0 bridgehead atoms. The molecular weight excluding hydrogens is 350 g/mol. The van der Waals surface area contributed by atoms with E-state index in [1.54, 1.807) is 0 Å². The summed E-state index contributed by atoms with van der Waals surface area (Å²) in [6.07, 6.45) is 1.21. The van der Waals surface area contributed by atoms with Crippen LogP contribution in [0.15, 0.2) is 27.5 Å². The molecule has 126 valence electrons. The number of aromatic carboxylic acids is 1. The molecule has 0 saturated carbocycles. The molecule has 0 aliphatic heterocycles. The Morgan fingerprint density at radius 3 is 2.71 bits per heavy atom. The standard InChI is InChI=1S/C16H15NO5S2/c1-3-20-12-8-23-14(13(12)21-4-2)15-17-10(7-24-15)11-5-9(6-22-11)16(18)19/h5-8H,3-4H2,1-2H3,(H,18,19). The van der Waals surface area contributed by atoms with Gasteiger partial charge in [0.2, 0.25) is 0 Å². The first-order valence-corrected chi connectivity index (χ1v) is 9.05. The highest BCUT2D eigenvalue weighted by Gasteiger charge is 2.20. The molecule has 0 radical (unpaired) electrons. The number of aromatic nitrogens is 1.